The third kappa shape index (κ3) is 3.25. The van der Waals surface area contributed by atoms with Gasteiger partial charge in [0.1, 0.15) is 0 Å². The molecule has 0 saturated carbocycles. The maximum atomic E-state index is 4.62. The van der Waals surface area contributed by atoms with Crippen LogP contribution in [0.4, 0.5) is 5.95 Å². The number of aromatic nitrogens is 6. The third-order valence-electron chi connectivity index (χ3n) is 4.37. The molecule has 5 rings (SSSR count). The van der Waals surface area contributed by atoms with Crippen molar-refractivity contribution in [3.05, 3.63) is 78.0 Å². The zero-order valence-corrected chi connectivity index (χ0v) is 16.0. The first-order valence-corrected chi connectivity index (χ1v) is 9.73. The number of nitrogens with zero attached hydrogens (tertiary/aromatic N) is 6. The van der Waals surface area contributed by atoms with Crippen molar-refractivity contribution < 1.29 is 0 Å². The van der Waals surface area contributed by atoms with Crippen LogP contribution in [0, 0.1) is 6.92 Å². The number of hydrogen-bond acceptors (Lipinski definition) is 6. The molecular formula is C20H17N7S. The Morgan fingerprint density at radius 1 is 1.14 bits per heavy atom. The molecule has 0 saturated heterocycles. The van der Waals surface area contributed by atoms with E-state index in [2.05, 4.69) is 44.4 Å². The monoisotopic (exact) mass is 387 g/mol. The van der Waals surface area contributed by atoms with E-state index in [4.69, 9.17) is 0 Å². The summed E-state index contributed by atoms with van der Waals surface area (Å²) >= 11 is 1.61. The highest BCUT2D eigenvalue weighted by molar-refractivity contribution is 7.15. The molecule has 4 heterocycles. The van der Waals surface area contributed by atoms with E-state index in [9.17, 15) is 0 Å². The maximum absolute atomic E-state index is 4.62. The fourth-order valence-corrected chi connectivity index (χ4v) is 3.72. The highest BCUT2D eigenvalue weighted by atomic mass is 32.1. The molecule has 28 heavy (non-hydrogen) atoms. The van der Waals surface area contributed by atoms with Gasteiger partial charge in [0.15, 0.2) is 4.96 Å². The van der Waals surface area contributed by atoms with Gasteiger partial charge in [-0.25, -0.2) is 19.6 Å². The molecule has 0 bridgehead atoms. The first kappa shape index (κ1) is 16.6. The molecule has 1 aromatic carbocycles. The minimum Gasteiger partial charge on any atom is -0.348 e. The molecular weight excluding hydrogens is 370 g/mol. The van der Waals surface area contributed by atoms with E-state index in [-0.39, 0.29) is 0 Å². The van der Waals surface area contributed by atoms with Gasteiger partial charge in [-0.1, -0.05) is 12.1 Å². The van der Waals surface area contributed by atoms with Crippen molar-refractivity contribution >= 4 is 22.2 Å². The normalized spacial score (nSPS) is 11.2. The molecule has 0 spiro atoms. The zero-order valence-electron chi connectivity index (χ0n) is 15.1. The fraction of sp³-hybridized carbons (Fsp3) is 0.100. The lowest BCUT2D eigenvalue weighted by Crippen LogP contribution is -2.04. The van der Waals surface area contributed by atoms with Crippen LogP contribution in [0.15, 0.2) is 66.7 Å². The average Bonchev–Trinajstić information content (AvgIpc) is 3.43. The summed E-state index contributed by atoms with van der Waals surface area (Å²) in [5, 5.41) is 9.73. The predicted octanol–water partition coefficient (Wildman–Crippen LogP) is 3.96. The average molecular weight is 387 g/mol. The summed E-state index contributed by atoms with van der Waals surface area (Å²) in [6.07, 6.45) is 9.55. The molecule has 138 valence electrons. The Kier molecular flexibility index (Phi) is 4.10. The second kappa shape index (κ2) is 6.90. The van der Waals surface area contributed by atoms with E-state index in [0.29, 0.717) is 12.5 Å². The summed E-state index contributed by atoms with van der Waals surface area (Å²) < 4.78 is 3.87. The Labute approximate surface area is 165 Å². The first-order chi connectivity index (χ1) is 13.7. The van der Waals surface area contributed by atoms with Crippen molar-refractivity contribution in [3.8, 4) is 16.9 Å². The molecule has 7 nitrogen and oxygen atoms in total. The maximum Gasteiger partial charge on any atom is 0.223 e. The number of fused-ring (bicyclic) bond motifs is 1. The summed E-state index contributed by atoms with van der Waals surface area (Å²) in [6.45, 7) is 2.64. The van der Waals surface area contributed by atoms with Crippen molar-refractivity contribution in [2.24, 2.45) is 0 Å². The van der Waals surface area contributed by atoms with Gasteiger partial charge in [0.2, 0.25) is 5.95 Å². The number of aryl methyl sites for hydroxylation is 1. The summed E-state index contributed by atoms with van der Waals surface area (Å²) in [6, 6.07) is 10.1. The lowest BCUT2D eigenvalue weighted by Gasteiger charge is -2.04. The molecule has 0 radical (unpaired) electrons. The molecule has 0 aliphatic rings. The van der Waals surface area contributed by atoms with E-state index in [0.717, 1.165) is 27.6 Å². The van der Waals surface area contributed by atoms with Crippen LogP contribution in [-0.2, 0) is 6.54 Å². The Hall–Kier alpha value is -3.52. The topological polar surface area (TPSA) is 72.9 Å². The SMILES string of the molecule is Cc1cccc(-n2cc(-c3ccnc(NCc4cn5ccsc5n4)n3)cn2)c1. The van der Waals surface area contributed by atoms with Crippen LogP contribution in [0.1, 0.15) is 11.3 Å². The van der Waals surface area contributed by atoms with Gasteiger partial charge < -0.3 is 5.32 Å². The minimum absolute atomic E-state index is 0.567. The van der Waals surface area contributed by atoms with E-state index in [1.807, 2.05) is 57.4 Å². The van der Waals surface area contributed by atoms with Gasteiger partial charge in [0.05, 0.1) is 29.8 Å². The first-order valence-electron chi connectivity index (χ1n) is 8.85. The van der Waals surface area contributed by atoms with Crippen LogP contribution in [0.5, 0.6) is 0 Å². The lowest BCUT2D eigenvalue weighted by molar-refractivity contribution is 0.879. The van der Waals surface area contributed by atoms with Crippen molar-refractivity contribution in [3.63, 3.8) is 0 Å². The Bertz CT molecular complexity index is 1220. The van der Waals surface area contributed by atoms with Gasteiger partial charge in [-0.3, -0.25) is 4.40 Å². The predicted molar refractivity (Wildman–Crippen MR) is 110 cm³/mol. The van der Waals surface area contributed by atoms with Gasteiger partial charge in [0.25, 0.3) is 0 Å². The Balaban J connectivity index is 1.34. The van der Waals surface area contributed by atoms with Gasteiger partial charge >= 0.3 is 0 Å². The second-order valence-corrected chi connectivity index (χ2v) is 7.33. The quantitative estimate of drug-likeness (QED) is 0.494. The molecule has 0 fully saturated rings. The summed E-state index contributed by atoms with van der Waals surface area (Å²) in [5.74, 6) is 0.567. The van der Waals surface area contributed by atoms with E-state index >= 15 is 0 Å². The summed E-state index contributed by atoms with van der Waals surface area (Å²) in [7, 11) is 0. The number of nitrogens with one attached hydrogen (secondary N) is 1. The van der Waals surface area contributed by atoms with Gasteiger partial charge in [-0.15, -0.1) is 11.3 Å². The molecule has 5 aromatic rings. The highest BCUT2D eigenvalue weighted by Gasteiger charge is 2.08. The van der Waals surface area contributed by atoms with Crippen LogP contribution in [-0.4, -0.2) is 29.1 Å². The number of thiazole rings is 1. The van der Waals surface area contributed by atoms with Crippen LogP contribution in [0.2, 0.25) is 0 Å². The van der Waals surface area contributed by atoms with Crippen molar-refractivity contribution in [2.75, 3.05) is 5.32 Å². The molecule has 0 atom stereocenters. The number of rotatable bonds is 5. The summed E-state index contributed by atoms with van der Waals surface area (Å²) in [4.78, 5) is 14.5. The van der Waals surface area contributed by atoms with Crippen LogP contribution >= 0.6 is 11.3 Å². The molecule has 0 amide bonds. The molecule has 1 N–H and O–H groups in total. The zero-order chi connectivity index (χ0) is 18.9. The number of imidazole rings is 1. The number of anilines is 1. The Morgan fingerprint density at radius 2 is 2.11 bits per heavy atom. The molecule has 8 heteroatoms. The second-order valence-electron chi connectivity index (χ2n) is 6.46. The molecule has 0 aliphatic carbocycles. The smallest absolute Gasteiger partial charge is 0.223 e. The fourth-order valence-electron chi connectivity index (χ4n) is 3.00. The molecule has 0 aliphatic heterocycles. The van der Waals surface area contributed by atoms with E-state index in [1.165, 1.54) is 5.56 Å². The third-order valence-corrected chi connectivity index (χ3v) is 5.14. The van der Waals surface area contributed by atoms with Crippen LogP contribution < -0.4 is 5.32 Å². The Morgan fingerprint density at radius 3 is 3.00 bits per heavy atom. The van der Waals surface area contributed by atoms with Crippen molar-refractivity contribution in [1.29, 1.82) is 0 Å². The van der Waals surface area contributed by atoms with Crippen molar-refractivity contribution in [2.45, 2.75) is 13.5 Å². The minimum atomic E-state index is 0.567. The van der Waals surface area contributed by atoms with Crippen molar-refractivity contribution in [1.82, 2.24) is 29.1 Å². The highest BCUT2D eigenvalue weighted by Crippen LogP contribution is 2.19. The molecule has 0 unspecified atom stereocenters. The number of hydrogen-bond donors (Lipinski definition) is 1. The molecule has 4 aromatic heterocycles. The van der Waals surface area contributed by atoms with Crippen LogP contribution in [0.3, 0.4) is 0 Å². The van der Waals surface area contributed by atoms with Gasteiger partial charge in [0, 0.05) is 35.7 Å². The summed E-state index contributed by atoms with van der Waals surface area (Å²) in [5.41, 5.74) is 4.94. The standard InChI is InChI=1S/C20H17N7S/c1-14-3-2-4-17(9-14)27-12-15(10-23-27)18-5-6-21-19(25-18)22-11-16-13-26-7-8-28-20(26)24-16/h2-10,12-13H,11H2,1H3,(H,21,22,25). The van der Waals surface area contributed by atoms with Gasteiger partial charge in [-0.2, -0.15) is 5.10 Å². The van der Waals surface area contributed by atoms with E-state index < -0.39 is 0 Å². The van der Waals surface area contributed by atoms with E-state index in [1.54, 1.807) is 17.5 Å². The lowest BCUT2D eigenvalue weighted by atomic mass is 10.2. The van der Waals surface area contributed by atoms with Gasteiger partial charge in [-0.05, 0) is 30.7 Å². The largest absolute Gasteiger partial charge is 0.348 e. The van der Waals surface area contributed by atoms with Crippen LogP contribution in [0.25, 0.3) is 21.9 Å². The number of benzene rings is 1.